The Balaban J connectivity index is 1.57. The predicted octanol–water partition coefficient (Wildman–Crippen LogP) is 2.31. The SMILES string of the molecule is CCNC(=NCc1ccnc(N2CCCCC2)c1)NCC1CCCO1. The summed E-state index contributed by atoms with van der Waals surface area (Å²) in [4.78, 5) is 11.7. The standard InChI is InChI=1S/C19H31N5O/c1-2-20-19(23-15-17-7-6-12-25-17)22-14-16-8-9-21-18(13-16)24-10-4-3-5-11-24/h8-9,13,17H,2-7,10-12,14-15H2,1H3,(H2,20,22,23). The maximum Gasteiger partial charge on any atom is 0.191 e. The number of aromatic nitrogens is 1. The van der Waals surface area contributed by atoms with Gasteiger partial charge in [0.15, 0.2) is 5.96 Å². The number of nitrogens with zero attached hydrogens (tertiary/aromatic N) is 3. The zero-order valence-electron chi connectivity index (χ0n) is 15.3. The summed E-state index contributed by atoms with van der Waals surface area (Å²) in [7, 11) is 0. The van der Waals surface area contributed by atoms with E-state index < -0.39 is 0 Å². The van der Waals surface area contributed by atoms with E-state index in [9.17, 15) is 0 Å². The molecule has 6 nitrogen and oxygen atoms in total. The van der Waals surface area contributed by atoms with Crippen molar-refractivity contribution in [1.82, 2.24) is 15.6 Å². The van der Waals surface area contributed by atoms with Gasteiger partial charge in [-0.05, 0) is 56.7 Å². The highest BCUT2D eigenvalue weighted by atomic mass is 16.5. The maximum atomic E-state index is 5.67. The van der Waals surface area contributed by atoms with E-state index in [2.05, 4.69) is 39.6 Å². The summed E-state index contributed by atoms with van der Waals surface area (Å²) in [6.07, 6.45) is 8.38. The lowest BCUT2D eigenvalue weighted by Crippen LogP contribution is -2.41. The van der Waals surface area contributed by atoms with Crippen LogP contribution in [0.15, 0.2) is 23.3 Å². The van der Waals surface area contributed by atoms with Gasteiger partial charge >= 0.3 is 0 Å². The van der Waals surface area contributed by atoms with Crippen molar-refractivity contribution in [2.24, 2.45) is 4.99 Å². The fourth-order valence-electron chi connectivity index (χ4n) is 3.38. The number of hydrogen-bond acceptors (Lipinski definition) is 4. The van der Waals surface area contributed by atoms with Crippen LogP contribution in [0.1, 0.15) is 44.6 Å². The van der Waals surface area contributed by atoms with Crippen LogP contribution in [0.4, 0.5) is 5.82 Å². The van der Waals surface area contributed by atoms with E-state index in [4.69, 9.17) is 9.73 Å². The van der Waals surface area contributed by atoms with Crippen LogP contribution in [0.5, 0.6) is 0 Å². The zero-order chi connectivity index (χ0) is 17.3. The van der Waals surface area contributed by atoms with Gasteiger partial charge in [0.1, 0.15) is 5.82 Å². The number of ether oxygens (including phenoxy) is 1. The summed E-state index contributed by atoms with van der Waals surface area (Å²) < 4.78 is 5.67. The normalized spacial score (nSPS) is 21.4. The molecule has 0 radical (unpaired) electrons. The fraction of sp³-hybridized carbons (Fsp3) is 0.684. The van der Waals surface area contributed by atoms with Crippen LogP contribution < -0.4 is 15.5 Å². The highest BCUT2D eigenvalue weighted by molar-refractivity contribution is 5.79. The summed E-state index contributed by atoms with van der Waals surface area (Å²) >= 11 is 0. The summed E-state index contributed by atoms with van der Waals surface area (Å²) in [5.74, 6) is 1.94. The molecule has 2 N–H and O–H groups in total. The number of anilines is 1. The topological polar surface area (TPSA) is 61.8 Å². The van der Waals surface area contributed by atoms with Crippen molar-refractivity contribution in [2.75, 3.05) is 37.7 Å². The molecule has 2 aliphatic rings. The summed E-state index contributed by atoms with van der Waals surface area (Å²) in [5, 5.41) is 6.71. The van der Waals surface area contributed by atoms with Crippen molar-refractivity contribution in [3.63, 3.8) is 0 Å². The Kier molecular flexibility index (Phi) is 6.91. The molecule has 3 heterocycles. The molecule has 1 aromatic rings. The molecule has 0 amide bonds. The molecular weight excluding hydrogens is 314 g/mol. The van der Waals surface area contributed by atoms with E-state index >= 15 is 0 Å². The minimum absolute atomic E-state index is 0.315. The van der Waals surface area contributed by atoms with Crippen molar-refractivity contribution >= 4 is 11.8 Å². The van der Waals surface area contributed by atoms with Crippen molar-refractivity contribution in [3.05, 3.63) is 23.9 Å². The van der Waals surface area contributed by atoms with Crippen LogP contribution in [0, 0.1) is 0 Å². The molecule has 6 heteroatoms. The average Bonchev–Trinajstić information content (AvgIpc) is 3.18. The van der Waals surface area contributed by atoms with Gasteiger partial charge in [-0.15, -0.1) is 0 Å². The number of nitrogens with one attached hydrogen (secondary N) is 2. The summed E-state index contributed by atoms with van der Waals surface area (Å²) in [5.41, 5.74) is 1.20. The van der Waals surface area contributed by atoms with Gasteiger partial charge in [0.2, 0.25) is 0 Å². The number of piperidine rings is 1. The Morgan fingerprint density at radius 1 is 1.28 bits per heavy atom. The van der Waals surface area contributed by atoms with Crippen LogP contribution >= 0.6 is 0 Å². The predicted molar refractivity (Wildman–Crippen MR) is 102 cm³/mol. The van der Waals surface area contributed by atoms with Crippen molar-refractivity contribution < 1.29 is 4.74 Å². The lowest BCUT2D eigenvalue weighted by atomic mass is 10.1. The van der Waals surface area contributed by atoms with Gasteiger partial charge in [-0.1, -0.05) is 0 Å². The molecule has 0 saturated carbocycles. The molecule has 0 aromatic carbocycles. The number of pyridine rings is 1. The second-order valence-corrected chi connectivity index (χ2v) is 6.78. The first-order valence-electron chi connectivity index (χ1n) is 9.69. The number of hydrogen-bond donors (Lipinski definition) is 2. The maximum absolute atomic E-state index is 5.67. The quantitative estimate of drug-likeness (QED) is 0.612. The Hall–Kier alpha value is -1.82. The average molecular weight is 345 g/mol. The van der Waals surface area contributed by atoms with Crippen LogP contribution in [0.3, 0.4) is 0 Å². The van der Waals surface area contributed by atoms with Crippen molar-refractivity contribution in [3.8, 4) is 0 Å². The molecule has 0 aliphatic carbocycles. The molecule has 2 fully saturated rings. The Labute approximate surface area is 151 Å². The number of aliphatic imine (C=N–C) groups is 1. The lowest BCUT2D eigenvalue weighted by Gasteiger charge is -2.27. The first-order valence-corrected chi connectivity index (χ1v) is 9.69. The minimum Gasteiger partial charge on any atom is -0.376 e. The molecule has 25 heavy (non-hydrogen) atoms. The van der Waals surface area contributed by atoms with E-state index in [1.54, 1.807) is 0 Å². The molecule has 0 spiro atoms. The minimum atomic E-state index is 0.315. The molecule has 1 atom stereocenters. The largest absolute Gasteiger partial charge is 0.376 e. The second-order valence-electron chi connectivity index (χ2n) is 6.78. The van der Waals surface area contributed by atoms with E-state index in [1.807, 2.05) is 6.20 Å². The van der Waals surface area contributed by atoms with Crippen molar-refractivity contribution in [2.45, 2.75) is 51.7 Å². The first kappa shape index (κ1) is 18.0. The molecule has 2 saturated heterocycles. The van der Waals surface area contributed by atoms with E-state index in [1.165, 1.54) is 24.8 Å². The monoisotopic (exact) mass is 345 g/mol. The smallest absolute Gasteiger partial charge is 0.191 e. The third-order valence-corrected chi connectivity index (χ3v) is 4.78. The highest BCUT2D eigenvalue weighted by Gasteiger charge is 2.15. The van der Waals surface area contributed by atoms with E-state index in [0.29, 0.717) is 12.6 Å². The third kappa shape index (κ3) is 5.59. The third-order valence-electron chi connectivity index (χ3n) is 4.78. The highest BCUT2D eigenvalue weighted by Crippen LogP contribution is 2.18. The van der Waals surface area contributed by atoms with Gasteiger partial charge in [0, 0.05) is 39.0 Å². The Morgan fingerprint density at radius 3 is 2.92 bits per heavy atom. The van der Waals surface area contributed by atoms with Gasteiger partial charge in [0.05, 0.1) is 12.6 Å². The molecular formula is C19H31N5O. The first-order chi connectivity index (χ1) is 12.3. The van der Waals surface area contributed by atoms with Crippen LogP contribution in [0.25, 0.3) is 0 Å². The van der Waals surface area contributed by atoms with E-state index in [-0.39, 0.29) is 0 Å². The van der Waals surface area contributed by atoms with Crippen LogP contribution in [0.2, 0.25) is 0 Å². The molecule has 1 aromatic heterocycles. The molecule has 1 unspecified atom stereocenters. The summed E-state index contributed by atoms with van der Waals surface area (Å²) in [6.45, 7) is 7.54. The van der Waals surface area contributed by atoms with Gasteiger partial charge in [-0.25, -0.2) is 9.98 Å². The second kappa shape index (κ2) is 9.61. The fourth-order valence-corrected chi connectivity index (χ4v) is 3.38. The molecule has 0 bridgehead atoms. The van der Waals surface area contributed by atoms with Crippen LogP contribution in [-0.4, -0.2) is 49.8 Å². The Morgan fingerprint density at radius 2 is 2.16 bits per heavy atom. The molecule has 3 rings (SSSR count). The van der Waals surface area contributed by atoms with E-state index in [0.717, 1.165) is 57.4 Å². The van der Waals surface area contributed by atoms with Crippen LogP contribution in [-0.2, 0) is 11.3 Å². The number of rotatable bonds is 6. The van der Waals surface area contributed by atoms with Gasteiger partial charge in [-0.2, -0.15) is 0 Å². The van der Waals surface area contributed by atoms with Crippen molar-refractivity contribution in [1.29, 1.82) is 0 Å². The lowest BCUT2D eigenvalue weighted by molar-refractivity contribution is 0.114. The zero-order valence-corrected chi connectivity index (χ0v) is 15.3. The van der Waals surface area contributed by atoms with Gasteiger partial charge < -0.3 is 20.3 Å². The molecule has 138 valence electrons. The Bertz CT molecular complexity index is 551. The van der Waals surface area contributed by atoms with Gasteiger partial charge in [-0.3, -0.25) is 0 Å². The number of guanidine groups is 1. The van der Waals surface area contributed by atoms with Gasteiger partial charge in [0.25, 0.3) is 0 Å². The summed E-state index contributed by atoms with van der Waals surface area (Å²) in [6, 6.07) is 4.24. The molecule has 2 aliphatic heterocycles.